The molecule has 0 saturated carbocycles. The summed E-state index contributed by atoms with van der Waals surface area (Å²) in [6.07, 6.45) is 1.42. The molecular weight excluding hydrogens is 386 g/mol. The first-order valence-electron chi connectivity index (χ1n) is 8.82. The first kappa shape index (κ1) is 23.9. The number of methoxy groups -OCH3 is 1. The maximum atomic E-state index is 12.8. The zero-order chi connectivity index (χ0) is 21.3. The number of hydrogen-bond donors (Lipinski definition) is 2. The highest BCUT2D eigenvalue weighted by Gasteiger charge is 2.28. The lowest BCUT2D eigenvalue weighted by Gasteiger charge is -2.30. The standard InChI is InChI=1S/C18H29N3O6S/c1-14(18(24)19-10-5-11-22)21(17(23)13-20(2)28(4,25)26)12-15-6-8-16(27-3)9-7-15/h6-9,14,22H,5,10-13H2,1-4H3,(H,19,24). The Morgan fingerprint density at radius 1 is 1.25 bits per heavy atom. The van der Waals surface area contributed by atoms with Crippen molar-refractivity contribution in [2.45, 2.75) is 25.9 Å². The normalized spacial score (nSPS) is 12.5. The number of carbonyl (C=O) groups excluding carboxylic acids is 2. The summed E-state index contributed by atoms with van der Waals surface area (Å²) in [4.78, 5) is 26.5. The fourth-order valence-corrected chi connectivity index (χ4v) is 2.69. The van der Waals surface area contributed by atoms with Crippen LogP contribution in [0.5, 0.6) is 5.75 Å². The molecule has 0 aliphatic rings. The van der Waals surface area contributed by atoms with Crippen molar-refractivity contribution in [3.05, 3.63) is 29.8 Å². The molecule has 0 spiro atoms. The Morgan fingerprint density at radius 2 is 1.86 bits per heavy atom. The third kappa shape index (κ3) is 7.45. The van der Waals surface area contributed by atoms with Gasteiger partial charge < -0.3 is 20.1 Å². The van der Waals surface area contributed by atoms with Gasteiger partial charge >= 0.3 is 0 Å². The molecule has 0 radical (unpaired) electrons. The number of benzene rings is 1. The van der Waals surface area contributed by atoms with Crippen molar-refractivity contribution in [2.75, 3.05) is 40.1 Å². The fourth-order valence-electron chi connectivity index (χ4n) is 2.35. The van der Waals surface area contributed by atoms with Crippen LogP contribution in [-0.4, -0.2) is 80.7 Å². The van der Waals surface area contributed by atoms with Gasteiger partial charge in [-0.3, -0.25) is 9.59 Å². The summed E-state index contributed by atoms with van der Waals surface area (Å²) in [7, 11) is -0.679. The van der Waals surface area contributed by atoms with Crippen LogP contribution in [0.25, 0.3) is 0 Å². The second-order valence-electron chi connectivity index (χ2n) is 6.43. The molecule has 158 valence electrons. The number of carbonyl (C=O) groups is 2. The van der Waals surface area contributed by atoms with Crippen LogP contribution in [0.1, 0.15) is 18.9 Å². The summed E-state index contributed by atoms with van der Waals surface area (Å²) < 4.78 is 29.3. The van der Waals surface area contributed by atoms with E-state index in [9.17, 15) is 18.0 Å². The van der Waals surface area contributed by atoms with Gasteiger partial charge in [-0.1, -0.05) is 12.1 Å². The lowest BCUT2D eigenvalue weighted by atomic mass is 10.1. The number of ether oxygens (including phenoxy) is 1. The largest absolute Gasteiger partial charge is 0.497 e. The molecular formula is C18H29N3O6S. The Morgan fingerprint density at radius 3 is 2.36 bits per heavy atom. The summed E-state index contributed by atoms with van der Waals surface area (Å²) in [5.74, 6) is -0.209. The van der Waals surface area contributed by atoms with E-state index in [1.165, 1.54) is 11.9 Å². The lowest BCUT2D eigenvalue weighted by Crippen LogP contribution is -2.50. The molecule has 0 aliphatic carbocycles. The molecule has 0 aromatic heterocycles. The summed E-state index contributed by atoms with van der Waals surface area (Å²) in [6, 6.07) is 6.21. The number of likely N-dealkylation sites (N-methyl/N-ethyl adjacent to an activating group) is 1. The molecule has 9 nitrogen and oxygen atoms in total. The topological polar surface area (TPSA) is 116 Å². The van der Waals surface area contributed by atoms with Gasteiger partial charge in [0.2, 0.25) is 21.8 Å². The van der Waals surface area contributed by atoms with E-state index in [0.717, 1.165) is 16.1 Å². The van der Waals surface area contributed by atoms with Crippen molar-refractivity contribution in [1.82, 2.24) is 14.5 Å². The number of nitrogens with one attached hydrogen (secondary N) is 1. The summed E-state index contributed by atoms with van der Waals surface area (Å²) >= 11 is 0. The number of aliphatic hydroxyl groups excluding tert-OH is 1. The van der Waals surface area contributed by atoms with E-state index in [4.69, 9.17) is 9.84 Å². The molecule has 2 N–H and O–H groups in total. The minimum absolute atomic E-state index is 0.0533. The van der Waals surface area contributed by atoms with E-state index < -0.39 is 22.0 Å². The van der Waals surface area contributed by atoms with E-state index in [-0.39, 0.29) is 32.1 Å². The number of aliphatic hydroxyl groups is 1. The summed E-state index contributed by atoms with van der Waals surface area (Å²) in [5.41, 5.74) is 0.770. The number of hydrogen-bond acceptors (Lipinski definition) is 6. The lowest BCUT2D eigenvalue weighted by molar-refractivity contribution is -0.140. The van der Waals surface area contributed by atoms with Gasteiger partial charge in [-0.15, -0.1) is 0 Å². The maximum Gasteiger partial charge on any atom is 0.242 e. The Hall–Kier alpha value is -2.17. The van der Waals surface area contributed by atoms with Crippen LogP contribution < -0.4 is 10.1 Å². The predicted octanol–water partition coefficient (Wildman–Crippen LogP) is -0.198. The monoisotopic (exact) mass is 415 g/mol. The number of rotatable bonds is 11. The number of amides is 2. The minimum atomic E-state index is -3.54. The van der Waals surface area contributed by atoms with Crippen LogP contribution in [0.4, 0.5) is 0 Å². The zero-order valence-electron chi connectivity index (χ0n) is 16.7. The van der Waals surface area contributed by atoms with E-state index in [0.29, 0.717) is 12.2 Å². The van der Waals surface area contributed by atoms with Crippen molar-refractivity contribution in [1.29, 1.82) is 0 Å². The van der Waals surface area contributed by atoms with Gasteiger partial charge in [0.1, 0.15) is 11.8 Å². The van der Waals surface area contributed by atoms with Gasteiger partial charge in [0.15, 0.2) is 0 Å². The van der Waals surface area contributed by atoms with Gasteiger partial charge in [0.25, 0.3) is 0 Å². The van der Waals surface area contributed by atoms with Crippen LogP contribution in [0.2, 0.25) is 0 Å². The van der Waals surface area contributed by atoms with Gasteiger partial charge in [-0.25, -0.2) is 8.42 Å². The molecule has 2 amide bonds. The van der Waals surface area contributed by atoms with E-state index in [1.807, 2.05) is 0 Å². The highest BCUT2D eigenvalue weighted by Crippen LogP contribution is 2.15. The molecule has 1 aromatic rings. The highest BCUT2D eigenvalue weighted by molar-refractivity contribution is 7.88. The SMILES string of the molecule is COc1ccc(CN(C(=O)CN(C)S(C)(=O)=O)C(C)C(=O)NCCCO)cc1. The van der Waals surface area contributed by atoms with Gasteiger partial charge in [0.05, 0.1) is 19.9 Å². The van der Waals surface area contributed by atoms with Crippen LogP contribution in [0.3, 0.4) is 0 Å². The molecule has 10 heteroatoms. The first-order chi connectivity index (χ1) is 13.1. The second-order valence-corrected chi connectivity index (χ2v) is 8.52. The smallest absolute Gasteiger partial charge is 0.242 e. The number of nitrogens with zero attached hydrogens (tertiary/aromatic N) is 2. The molecule has 1 rings (SSSR count). The van der Waals surface area contributed by atoms with Crippen LogP contribution in [-0.2, 0) is 26.2 Å². The third-order valence-corrected chi connectivity index (χ3v) is 5.50. The first-order valence-corrected chi connectivity index (χ1v) is 10.7. The highest BCUT2D eigenvalue weighted by atomic mass is 32.2. The maximum absolute atomic E-state index is 12.8. The van der Waals surface area contributed by atoms with Crippen molar-refractivity contribution >= 4 is 21.8 Å². The summed E-state index contributed by atoms with van der Waals surface area (Å²) in [6.45, 7) is 1.57. The second kappa shape index (κ2) is 11.0. The van der Waals surface area contributed by atoms with Crippen molar-refractivity contribution in [3.8, 4) is 5.75 Å². The van der Waals surface area contributed by atoms with Crippen LogP contribution in [0.15, 0.2) is 24.3 Å². The van der Waals surface area contributed by atoms with E-state index >= 15 is 0 Å². The molecule has 0 aliphatic heterocycles. The molecule has 1 atom stereocenters. The van der Waals surface area contributed by atoms with E-state index in [1.54, 1.807) is 38.3 Å². The average molecular weight is 416 g/mol. The molecule has 1 aromatic carbocycles. The van der Waals surface area contributed by atoms with Crippen molar-refractivity contribution in [2.24, 2.45) is 0 Å². The Balaban J connectivity index is 3.00. The van der Waals surface area contributed by atoms with E-state index in [2.05, 4.69) is 5.32 Å². The van der Waals surface area contributed by atoms with Crippen LogP contribution in [0, 0.1) is 0 Å². The third-order valence-electron chi connectivity index (χ3n) is 4.24. The molecule has 0 heterocycles. The predicted molar refractivity (Wildman–Crippen MR) is 105 cm³/mol. The van der Waals surface area contributed by atoms with Crippen LogP contribution >= 0.6 is 0 Å². The van der Waals surface area contributed by atoms with Gasteiger partial charge in [0, 0.05) is 26.7 Å². The Bertz CT molecular complexity index is 751. The average Bonchev–Trinajstić information content (AvgIpc) is 2.65. The molecule has 1 unspecified atom stereocenters. The summed E-state index contributed by atoms with van der Waals surface area (Å²) in [5, 5.41) is 11.5. The fraction of sp³-hybridized carbons (Fsp3) is 0.556. The Kier molecular flexibility index (Phi) is 9.36. The zero-order valence-corrected chi connectivity index (χ0v) is 17.5. The van der Waals surface area contributed by atoms with Gasteiger partial charge in [-0.2, -0.15) is 4.31 Å². The molecule has 0 fully saturated rings. The van der Waals surface area contributed by atoms with Crippen molar-refractivity contribution in [3.63, 3.8) is 0 Å². The molecule has 0 saturated heterocycles. The Labute approximate surface area is 166 Å². The van der Waals surface area contributed by atoms with Crippen molar-refractivity contribution < 1.29 is 27.9 Å². The quantitative estimate of drug-likeness (QED) is 0.484. The molecule has 28 heavy (non-hydrogen) atoms. The number of sulfonamides is 1. The van der Waals surface area contributed by atoms with Gasteiger partial charge in [-0.05, 0) is 31.0 Å². The molecule has 0 bridgehead atoms. The minimum Gasteiger partial charge on any atom is -0.497 e.